The predicted molar refractivity (Wildman–Crippen MR) is 52.0 cm³/mol. The minimum atomic E-state index is 0.322. The molecule has 0 aliphatic rings. The van der Waals surface area contributed by atoms with Gasteiger partial charge in [-0.2, -0.15) is 0 Å². The lowest BCUT2D eigenvalue weighted by Gasteiger charge is -1.82. The minimum absolute atomic E-state index is 0.322. The molecule has 0 aliphatic carbocycles. The van der Waals surface area contributed by atoms with Crippen molar-refractivity contribution >= 4 is 18.9 Å². The molecule has 1 aromatic carbocycles. The highest BCUT2D eigenvalue weighted by molar-refractivity contribution is 7.08. The van der Waals surface area contributed by atoms with Crippen LogP contribution in [-0.4, -0.2) is 14.9 Å². The van der Waals surface area contributed by atoms with Gasteiger partial charge in [0.15, 0.2) is 0 Å². The summed E-state index contributed by atoms with van der Waals surface area (Å²) in [6, 6.07) is 8.71. The molecule has 0 radical (unpaired) electrons. The molecule has 1 rings (SSSR count). The fourth-order valence-corrected chi connectivity index (χ4v) is 0.428. The second kappa shape index (κ2) is 12.5. The average molecular weight is 194 g/mol. The van der Waals surface area contributed by atoms with Gasteiger partial charge in [-0.05, 0) is 31.1 Å². The molecule has 64 valence electrons. The molecule has 2 atom stereocenters. The van der Waals surface area contributed by atoms with Crippen LogP contribution in [0.25, 0.3) is 0 Å². The Morgan fingerprint density at radius 1 is 0.818 bits per heavy atom. The van der Waals surface area contributed by atoms with E-state index in [-0.39, 0.29) is 0 Å². The van der Waals surface area contributed by atoms with E-state index in [1.807, 2.05) is 6.07 Å². The van der Waals surface area contributed by atoms with Gasteiger partial charge in [-0.25, -0.2) is 0 Å². The molecule has 0 amide bonds. The largest absolute Gasteiger partial charge is 0.508 e. The van der Waals surface area contributed by atoms with Gasteiger partial charge in [0.05, 0.1) is 0 Å². The Balaban J connectivity index is 0. The molecule has 0 aliphatic heterocycles. The van der Waals surface area contributed by atoms with Crippen LogP contribution in [-0.2, 0) is 0 Å². The van der Waals surface area contributed by atoms with Crippen LogP contribution in [0.4, 0.5) is 0 Å². The van der Waals surface area contributed by atoms with Crippen molar-refractivity contribution in [2.24, 2.45) is 0 Å². The summed E-state index contributed by atoms with van der Waals surface area (Å²) in [7, 11) is 2.83. The molecule has 0 spiro atoms. The van der Waals surface area contributed by atoms with Crippen molar-refractivity contribution in [3.05, 3.63) is 30.3 Å². The number of benzene rings is 1. The van der Waals surface area contributed by atoms with Crippen LogP contribution in [0.2, 0.25) is 0 Å². The van der Waals surface area contributed by atoms with E-state index in [1.54, 1.807) is 24.3 Å². The smallest absolute Gasteiger partial charge is 0.115 e. The molecule has 3 N–H and O–H groups in total. The maximum atomic E-state index is 8.63. The maximum absolute atomic E-state index is 8.63. The van der Waals surface area contributed by atoms with Crippen LogP contribution in [0.5, 0.6) is 5.75 Å². The third-order valence-corrected chi connectivity index (χ3v) is 0.756. The van der Waals surface area contributed by atoms with Gasteiger partial charge in [0.1, 0.15) is 5.75 Å². The van der Waals surface area contributed by atoms with E-state index in [0.29, 0.717) is 5.75 Å². The Morgan fingerprint density at radius 3 is 1.36 bits per heavy atom. The first kappa shape index (κ1) is 13.4. The predicted octanol–water partition coefficient (Wildman–Crippen LogP) is 0.930. The molecule has 0 saturated heterocycles. The van der Waals surface area contributed by atoms with Crippen molar-refractivity contribution in [3.63, 3.8) is 0 Å². The summed E-state index contributed by atoms with van der Waals surface area (Å²) in [5.74, 6) is 0.322. The number of phenols is 1. The van der Waals surface area contributed by atoms with Crippen molar-refractivity contribution in [2.75, 3.05) is 0 Å². The fourth-order valence-electron chi connectivity index (χ4n) is 0.428. The first-order chi connectivity index (χ1) is 5.39. The van der Waals surface area contributed by atoms with E-state index in [0.717, 1.165) is 0 Å². The van der Waals surface area contributed by atoms with E-state index in [2.05, 4.69) is 0 Å². The maximum Gasteiger partial charge on any atom is 0.115 e. The Kier molecular flexibility index (Phi) is 15.2. The summed E-state index contributed by atoms with van der Waals surface area (Å²) in [6.07, 6.45) is 0. The second-order valence-electron chi connectivity index (χ2n) is 1.34. The zero-order chi connectivity index (χ0) is 9.11. The lowest BCUT2D eigenvalue weighted by Crippen LogP contribution is -1.56. The van der Waals surface area contributed by atoms with Crippen LogP contribution in [0.3, 0.4) is 0 Å². The van der Waals surface area contributed by atoms with Crippen molar-refractivity contribution in [1.29, 1.82) is 0 Å². The summed E-state index contributed by atoms with van der Waals surface area (Å²) in [5, 5.41) is 8.63. The SMILES string of the molecule is OP.OP.Oc1ccccc1. The van der Waals surface area contributed by atoms with Crippen molar-refractivity contribution in [1.82, 2.24) is 0 Å². The number of hydrogen-bond acceptors (Lipinski definition) is 3. The van der Waals surface area contributed by atoms with E-state index >= 15 is 0 Å². The van der Waals surface area contributed by atoms with Gasteiger partial charge in [0.25, 0.3) is 0 Å². The Labute approximate surface area is 70.7 Å². The van der Waals surface area contributed by atoms with Gasteiger partial charge in [-0.15, -0.1) is 0 Å². The van der Waals surface area contributed by atoms with Gasteiger partial charge in [-0.3, -0.25) is 0 Å². The quantitative estimate of drug-likeness (QED) is 0.538. The standard InChI is InChI=1S/C6H6O.2H3OP/c7-6-4-2-1-3-5-6;2*1-2/h1-5,7H;2*1H,2H2. The topological polar surface area (TPSA) is 60.7 Å². The Morgan fingerprint density at radius 2 is 1.18 bits per heavy atom. The van der Waals surface area contributed by atoms with Crippen LogP contribution >= 0.6 is 18.9 Å². The van der Waals surface area contributed by atoms with Crippen LogP contribution in [0.15, 0.2) is 30.3 Å². The second-order valence-corrected chi connectivity index (χ2v) is 1.34. The van der Waals surface area contributed by atoms with Gasteiger partial charge < -0.3 is 14.9 Å². The zero-order valence-corrected chi connectivity index (χ0v) is 8.19. The van der Waals surface area contributed by atoms with Crippen LogP contribution < -0.4 is 0 Å². The number of hydrogen-bond donors (Lipinski definition) is 3. The third kappa shape index (κ3) is 9.80. The Bertz CT molecular complexity index is 146. The minimum Gasteiger partial charge on any atom is -0.508 e. The van der Waals surface area contributed by atoms with Crippen molar-refractivity contribution < 1.29 is 14.9 Å². The van der Waals surface area contributed by atoms with Gasteiger partial charge in [0.2, 0.25) is 0 Å². The highest BCUT2D eigenvalue weighted by atomic mass is 31.0. The molecule has 11 heavy (non-hydrogen) atoms. The molecule has 3 nitrogen and oxygen atoms in total. The summed E-state index contributed by atoms with van der Waals surface area (Å²) < 4.78 is 0. The van der Waals surface area contributed by atoms with Gasteiger partial charge in [-0.1, -0.05) is 18.2 Å². The molecular weight excluding hydrogens is 182 g/mol. The van der Waals surface area contributed by atoms with Crippen LogP contribution in [0.1, 0.15) is 0 Å². The van der Waals surface area contributed by atoms with Gasteiger partial charge >= 0.3 is 0 Å². The molecule has 0 fully saturated rings. The summed E-state index contributed by atoms with van der Waals surface area (Å²) >= 11 is 0. The summed E-state index contributed by atoms with van der Waals surface area (Å²) in [6.45, 7) is 0. The fraction of sp³-hybridized carbons (Fsp3) is 0. The number of phenolic OH excluding ortho intramolecular Hbond substituents is 1. The average Bonchev–Trinajstić information content (AvgIpc) is 2.13. The number of para-hydroxylation sites is 1. The highest BCUT2D eigenvalue weighted by Crippen LogP contribution is 2.02. The third-order valence-electron chi connectivity index (χ3n) is 0.756. The number of rotatable bonds is 0. The molecule has 0 saturated carbocycles. The molecule has 0 aromatic heterocycles. The monoisotopic (exact) mass is 194 g/mol. The molecule has 2 unspecified atom stereocenters. The molecule has 5 heteroatoms. The van der Waals surface area contributed by atoms with Crippen LogP contribution in [0, 0.1) is 0 Å². The summed E-state index contributed by atoms with van der Waals surface area (Å²) in [4.78, 5) is 13.8. The molecule has 1 aromatic rings. The zero-order valence-electron chi connectivity index (χ0n) is 5.88. The van der Waals surface area contributed by atoms with E-state index < -0.39 is 0 Å². The van der Waals surface area contributed by atoms with Crippen molar-refractivity contribution in [3.8, 4) is 5.75 Å². The highest BCUT2D eigenvalue weighted by Gasteiger charge is 1.74. The van der Waals surface area contributed by atoms with Gasteiger partial charge in [0, 0.05) is 0 Å². The normalized spacial score (nSPS) is 6.55. The van der Waals surface area contributed by atoms with E-state index in [1.165, 1.54) is 18.9 Å². The lowest BCUT2D eigenvalue weighted by atomic mass is 10.3. The number of aromatic hydroxyl groups is 1. The van der Waals surface area contributed by atoms with Crippen molar-refractivity contribution in [2.45, 2.75) is 0 Å². The molecule has 0 heterocycles. The summed E-state index contributed by atoms with van der Waals surface area (Å²) in [5.41, 5.74) is 0. The first-order valence-electron chi connectivity index (χ1n) is 2.65. The first-order valence-corrected chi connectivity index (χ1v) is 3.68. The van der Waals surface area contributed by atoms with E-state index in [9.17, 15) is 0 Å². The molecule has 0 bridgehead atoms. The lowest BCUT2D eigenvalue weighted by molar-refractivity contribution is 0.475. The molecular formula is C6H12O3P2. The van der Waals surface area contributed by atoms with E-state index in [4.69, 9.17) is 14.9 Å². The Hall–Kier alpha value is -0.200.